The number of nitrogens with one attached hydrogen (secondary N) is 1. The summed E-state index contributed by atoms with van der Waals surface area (Å²) in [4.78, 5) is 7.79. The molecule has 1 aromatic rings. The minimum Gasteiger partial charge on any atom is -0.396 e. The Labute approximate surface area is 98.5 Å². The highest BCUT2D eigenvalue weighted by molar-refractivity contribution is 7.99. The highest BCUT2D eigenvalue weighted by Gasteiger charge is 1.95. The van der Waals surface area contributed by atoms with E-state index < -0.39 is 0 Å². The van der Waals surface area contributed by atoms with E-state index in [0.717, 1.165) is 30.3 Å². The Morgan fingerprint density at radius 2 is 2.33 bits per heavy atom. The van der Waals surface area contributed by atoms with E-state index in [4.69, 9.17) is 16.7 Å². The van der Waals surface area contributed by atoms with Crippen LogP contribution in [0.25, 0.3) is 0 Å². The van der Waals surface area contributed by atoms with Gasteiger partial charge in [0, 0.05) is 25.1 Å². The quantitative estimate of drug-likeness (QED) is 0.567. The van der Waals surface area contributed by atoms with Gasteiger partial charge < -0.3 is 10.4 Å². The number of hydrogen-bond acceptors (Lipinski definition) is 5. The van der Waals surface area contributed by atoms with Crippen LogP contribution in [0.15, 0.2) is 12.3 Å². The molecule has 0 radical (unpaired) electrons. The molecule has 2 N–H and O–H groups in total. The molecule has 1 heterocycles. The molecule has 0 atom stereocenters. The number of halogens is 1. The Kier molecular flexibility index (Phi) is 6.47. The third kappa shape index (κ3) is 5.81. The SMILES string of the molecule is OCCCSCCNc1ccnc(Cl)n1. The number of aliphatic hydroxyl groups excluding tert-OH is 1. The van der Waals surface area contributed by atoms with E-state index in [9.17, 15) is 0 Å². The Morgan fingerprint density at radius 1 is 1.47 bits per heavy atom. The van der Waals surface area contributed by atoms with Gasteiger partial charge in [0.1, 0.15) is 5.82 Å². The smallest absolute Gasteiger partial charge is 0.224 e. The van der Waals surface area contributed by atoms with Gasteiger partial charge in [0.05, 0.1) is 0 Å². The maximum absolute atomic E-state index is 8.57. The van der Waals surface area contributed by atoms with Gasteiger partial charge >= 0.3 is 0 Å². The fourth-order valence-electron chi connectivity index (χ4n) is 0.953. The van der Waals surface area contributed by atoms with Crippen LogP contribution in [-0.4, -0.2) is 39.7 Å². The maximum atomic E-state index is 8.57. The van der Waals surface area contributed by atoms with Crippen molar-refractivity contribution in [2.75, 3.05) is 30.0 Å². The summed E-state index contributed by atoms with van der Waals surface area (Å²) in [5.41, 5.74) is 0. The summed E-state index contributed by atoms with van der Waals surface area (Å²) >= 11 is 7.43. The van der Waals surface area contributed by atoms with Gasteiger partial charge in [-0.3, -0.25) is 0 Å². The molecule has 0 fully saturated rings. The number of hydrogen-bond donors (Lipinski definition) is 2. The monoisotopic (exact) mass is 247 g/mol. The fraction of sp³-hybridized carbons (Fsp3) is 0.556. The average molecular weight is 248 g/mol. The summed E-state index contributed by atoms with van der Waals surface area (Å²) in [7, 11) is 0. The van der Waals surface area contributed by atoms with E-state index in [2.05, 4.69) is 15.3 Å². The lowest BCUT2D eigenvalue weighted by Gasteiger charge is -2.04. The molecule has 84 valence electrons. The van der Waals surface area contributed by atoms with Gasteiger partial charge in [0.25, 0.3) is 0 Å². The van der Waals surface area contributed by atoms with Crippen molar-refractivity contribution in [2.24, 2.45) is 0 Å². The maximum Gasteiger partial charge on any atom is 0.224 e. The molecular weight excluding hydrogens is 234 g/mol. The van der Waals surface area contributed by atoms with E-state index in [1.807, 2.05) is 0 Å². The molecule has 4 nitrogen and oxygen atoms in total. The van der Waals surface area contributed by atoms with Gasteiger partial charge in [0.15, 0.2) is 0 Å². The van der Waals surface area contributed by atoms with Crippen LogP contribution in [0.2, 0.25) is 5.28 Å². The minimum atomic E-state index is 0.257. The van der Waals surface area contributed by atoms with Crippen LogP contribution in [-0.2, 0) is 0 Å². The minimum absolute atomic E-state index is 0.257. The van der Waals surface area contributed by atoms with Crippen LogP contribution in [0, 0.1) is 0 Å². The molecule has 0 bridgehead atoms. The van der Waals surface area contributed by atoms with Crippen molar-refractivity contribution in [3.8, 4) is 0 Å². The van der Waals surface area contributed by atoms with E-state index in [1.165, 1.54) is 0 Å². The molecule has 0 aliphatic carbocycles. The summed E-state index contributed by atoms with van der Waals surface area (Å²) in [6.07, 6.45) is 2.47. The van der Waals surface area contributed by atoms with Crippen molar-refractivity contribution in [1.29, 1.82) is 0 Å². The first-order valence-corrected chi connectivity index (χ1v) is 6.27. The van der Waals surface area contributed by atoms with Gasteiger partial charge in [-0.2, -0.15) is 11.8 Å². The molecule has 0 amide bonds. The van der Waals surface area contributed by atoms with Gasteiger partial charge in [0.2, 0.25) is 5.28 Å². The fourth-order valence-corrected chi connectivity index (χ4v) is 1.88. The molecule has 0 aliphatic rings. The van der Waals surface area contributed by atoms with E-state index in [0.29, 0.717) is 0 Å². The Morgan fingerprint density at radius 3 is 3.07 bits per heavy atom. The largest absolute Gasteiger partial charge is 0.396 e. The molecule has 1 rings (SSSR count). The Bertz CT molecular complexity index is 288. The molecule has 0 aromatic carbocycles. The standard InChI is InChI=1S/C9H14ClN3OS/c10-9-12-3-2-8(13-9)11-4-7-15-6-1-5-14/h2-3,14H,1,4-7H2,(H,11,12,13). The van der Waals surface area contributed by atoms with Crippen molar-refractivity contribution in [2.45, 2.75) is 6.42 Å². The second-order valence-electron chi connectivity index (χ2n) is 2.83. The summed E-state index contributed by atoms with van der Waals surface area (Å²) < 4.78 is 0. The average Bonchev–Trinajstić information content (AvgIpc) is 2.23. The zero-order valence-electron chi connectivity index (χ0n) is 8.32. The number of aromatic nitrogens is 2. The normalized spacial score (nSPS) is 10.3. The lowest BCUT2D eigenvalue weighted by Crippen LogP contribution is -2.06. The van der Waals surface area contributed by atoms with Crippen LogP contribution in [0.3, 0.4) is 0 Å². The summed E-state index contributed by atoms with van der Waals surface area (Å²) in [5.74, 6) is 2.72. The second kappa shape index (κ2) is 7.73. The van der Waals surface area contributed by atoms with E-state index in [1.54, 1.807) is 24.0 Å². The lowest BCUT2D eigenvalue weighted by molar-refractivity contribution is 0.296. The molecule has 0 saturated carbocycles. The first-order chi connectivity index (χ1) is 7.33. The lowest BCUT2D eigenvalue weighted by atomic mass is 10.5. The van der Waals surface area contributed by atoms with Crippen molar-refractivity contribution in [3.63, 3.8) is 0 Å². The zero-order chi connectivity index (χ0) is 10.9. The molecule has 0 spiro atoms. The highest BCUT2D eigenvalue weighted by Crippen LogP contribution is 2.06. The van der Waals surface area contributed by atoms with Crippen LogP contribution in [0.4, 0.5) is 5.82 Å². The third-order valence-corrected chi connectivity index (χ3v) is 2.88. The number of nitrogens with zero attached hydrogens (tertiary/aromatic N) is 2. The van der Waals surface area contributed by atoms with Crippen LogP contribution in [0.5, 0.6) is 0 Å². The zero-order valence-corrected chi connectivity index (χ0v) is 9.89. The molecule has 1 aromatic heterocycles. The Hall–Kier alpha value is -0.520. The molecular formula is C9H14ClN3OS. The van der Waals surface area contributed by atoms with Gasteiger partial charge in [-0.1, -0.05) is 0 Å². The highest BCUT2D eigenvalue weighted by atomic mass is 35.5. The topological polar surface area (TPSA) is 58.0 Å². The Balaban J connectivity index is 2.10. The second-order valence-corrected chi connectivity index (χ2v) is 4.39. The molecule has 0 saturated heterocycles. The van der Waals surface area contributed by atoms with Gasteiger partial charge in [-0.15, -0.1) is 0 Å². The number of anilines is 1. The first kappa shape index (κ1) is 12.5. The summed E-state index contributed by atoms with van der Waals surface area (Å²) in [6, 6.07) is 1.78. The third-order valence-electron chi connectivity index (χ3n) is 1.63. The summed E-state index contributed by atoms with van der Waals surface area (Å²) in [6.45, 7) is 1.10. The predicted octanol–water partition coefficient (Wildman–Crippen LogP) is 1.66. The predicted molar refractivity (Wildman–Crippen MR) is 64.6 cm³/mol. The van der Waals surface area contributed by atoms with Crippen LogP contribution in [0.1, 0.15) is 6.42 Å². The van der Waals surface area contributed by atoms with Crippen molar-refractivity contribution in [1.82, 2.24) is 9.97 Å². The van der Waals surface area contributed by atoms with Gasteiger partial charge in [-0.05, 0) is 29.8 Å². The molecule has 6 heteroatoms. The first-order valence-electron chi connectivity index (χ1n) is 4.74. The van der Waals surface area contributed by atoms with Crippen molar-refractivity contribution in [3.05, 3.63) is 17.5 Å². The molecule has 15 heavy (non-hydrogen) atoms. The van der Waals surface area contributed by atoms with Crippen LogP contribution < -0.4 is 5.32 Å². The van der Waals surface area contributed by atoms with E-state index in [-0.39, 0.29) is 11.9 Å². The van der Waals surface area contributed by atoms with E-state index >= 15 is 0 Å². The molecule has 0 aliphatic heterocycles. The van der Waals surface area contributed by atoms with Crippen LogP contribution >= 0.6 is 23.4 Å². The number of aliphatic hydroxyl groups is 1. The summed E-state index contributed by atoms with van der Waals surface area (Å²) in [5, 5.41) is 12.0. The van der Waals surface area contributed by atoms with Crippen molar-refractivity contribution >= 4 is 29.2 Å². The van der Waals surface area contributed by atoms with Gasteiger partial charge in [-0.25, -0.2) is 9.97 Å². The van der Waals surface area contributed by atoms with Crippen molar-refractivity contribution < 1.29 is 5.11 Å². The number of thioether (sulfide) groups is 1. The number of rotatable bonds is 7. The molecule has 0 unspecified atom stereocenters.